The van der Waals surface area contributed by atoms with Crippen LogP contribution < -0.4 is 5.32 Å². The van der Waals surface area contributed by atoms with Gasteiger partial charge in [-0.2, -0.15) is 11.3 Å². The summed E-state index contributed by atoms with van der Waals surface area (Å²) < 4.78 is 0. The highest BCUT2D eigenvalue weighted by Crippen LogP contribution is 2.52. The average Bonchev–Trinajstić information content (AvgIpc) is 3.28. The van der Waals surface area contributed by atoms with E-state index >= 15 is 0 Å². The molecule has 1 atom stereocenters. The number of carbonyl (C=O) groups excluding carboxylic acids is 1. The molecule has 3 aliphatic rings. The molecule has 1 aliphatic heterocycles. The fraction of sp³-hybridized carbons (Fsp3) is 0.542. The molecule has 2 aromatic rings. The van der Waals surface area contributed by atoms with Gasteiger partial charge in [-0.3, -0.25) is 9.69 Å². The van der Waals surface area contributed by atoms with Crippen LogP contribution in [0.4, 0.5) is 0 Å². The number of hydrogen-bond donors (Lipinski definition) is 1. The predicted molar refractivity (Wildman–Crippen MR) is 115 cm³/mol. The van der Waals surface area contributed by atoms with Crippen LogP contribution >= 0.6 is 11.3 Å². The van der Waals surface area contributed by atoms with Gasteiger partial charge in [0.15, 0.2) is 0 Å². The first-order chi connectivity index (χ1) is 13.7. The summed E-state index contributed by atoms with van der Waals surface area (Å²) in [6, 6.07) is 11.7. The molecule has 1 aromatic heterocycles. The zero-order valence-electron chi connectivity index (χ0n) is 16.5. The Morgan fingerprint density at radius 2 is 2.00 bits per heavy atom. The van der Waals surface area contributed by atoms with Crippen LogP contribution in [-0.4, -0.2) is 29.9 Å². The SMILES string of the molecule is O=C(C[C@H]1CC2(CCN(Cc3ccsc3)CC2)c2ccccc21)NC1CCC1. The molecule has 4 heteroatoms. The number of thiophene rings is 1. The molecular formula is C24H30N2OS. The minimum absolute atomic E-state index is 0.261. The maximum atomic E-state index is 12.6. The topological polar surface area (TPSA) is 32.3 Å². The molecule has 148 valence electrons. The molecule has 28 heavy (non-hydrogen) atoms. The van der Waals surface area contributed by atoms with Crippen LogP contribution in [0.3, 0.4) is 0 Å². The lowest BCUT2D eigenvalue weighted by molar-refractivity contribution is -0.122. The number of benzene rings is 1. The maximum Gasteiger partial charge on any atom is 0.220 e. The molecule has 1 aromatic carbocycles. The highest BCUT2D eigenvalue weighted by molar-refractivity contribution is 7.07. The van der Waals surface area contributed by atoms with Crippen LogP contribution in [-0.2, 0) is 16.8 Å². The van der Waals surface area contributed by atoms with Crippen LogP contribution in [0, 0.1) is 0 Å². The van der Waals surface area contributed by atoms with Gasteiger partial charge in [0, 0.05) is 19.0 Å². The third kappa shape index (κ3) is 3.53. The third-order valence-corrected chi connectivity index (χ3v) is 8.04. The quantitative estimate of drug-likeness (QED) is 0.788. The summed E-state index contributed by atoms with van der Waals surface area (Å²) in [6.45, 7) is 3.39. The van der Waals surface area contributed by atoms with Crippen molar-refractivity contribution in [3.63, 3.8) is 0 Å². The monoisotopic (exact) mass is 394 g/mol. The molecule has 2 aliphatic carbocycles. The molecule has 3 nitrogen and oxygen atoms in total. The minimum Gasteiger partial charge on any atom is -0.353 e. The smallest absolute Gasteiger partial charge is 0.220 e. The second-order valence-electron chi connectivity index (χ2n) is 9.08. The molecule has 1 spiro atoms. The Hall–Kier alpha value is -1.65. The number of amides is 1. The Bertz CT molecular complexity index is 819. The lowest BCUT2D eigenvalue weighted by Gasteiger charge is -2.40. The van der Waals surface area contributed by atoms with Gasteiger partial charge in [0.1, 0.15) is 0 Å². The Morgan fingerprint density at radius 1 is 1.18 bits per heavy atom. The summed E-state index contributed by atoms with van der Waals surface area (Å²) in [5, 5.41) is 7.69. The summed E-state index contributed by atoms with van der Waals surface area (Å²) in [5.41, 5.74) is 4.70. The maximum absolute atomic E-state index is 12.6. The lowest BCUT2D eigenvalue weighted by atomic mass is 9.73. The van der Waals surface area contributed by atoms with E-state index in [-0.39, 0.29) is 11.3 Å². The summed E-state index contributed by atoms with van der Waals surface area (Å²) in [7, 11) is 0. The lowest BCUT2D eigenvalue weighted by Crippen LogP contribution is -2.41. The Kier molecular flexibility index (Phi) is 5.02. The van der Waals surface area contributed by atoms with Gasteiger partial charge in [0.2, 0.25) is 5.91 Å². The summed E-state index contributed by atoms with van der Waals surface area (Å²) in [6.07, 6.45) is 7.84. The van der Waals surface area contributed by atoms with Crippen LogP contribution in [0.1, 0.15) is 67.6 Å². The Balaban J connectivity index is 1.27. The number of carbonyl (C=O) groups is 1. The highest BCUT2D eigenvalue weighted by atomic mass is 32.1. The average molecular weight is 395 g/mol. The summed E-state index contributed by atoms with van der Waals surface area (Å²) in [5.74, 6) is 0.649. The fourth-order valence-corrected chi connectivity index (χ4v) is 6.19. The van der Waals surface area contributed by atoms with Gasteiger partial charge in [0.05, 0.1) is 0 Å². The Labute approximate surface area is 172 Å². The number of fused-ring (bicyclic) bond motifs is 2. The first-order valence-electron chi connectivity index (χ1n) is 10.8. The number of hydrogen-bond acceptors (Lipinski definition) is 3. The van der Waals surface area contributed by atoms with Crippen molar-refractivity contribution >= 4 is 17.2 Å². The van der Waals surface area contributed by atoms with Gasteiger partial charge >= 0.3 is 0 Å². The number of nitrogens with one attached hydrogen (secondary N) is 1. The first kappa shape index (κ1) is 18.4. The van der Waals surface area contributed by atoms with Gasteiger partial charge < -0.3 is 5.32 Å². The number of nitrogens with zero attached hydrogens (tertiary/aromatic N) is 1. The van der Waals surface area contributed by atoms with Gasteiger partial charge in [0.25, 0.3) is 0 Å². The second-order valence-corrected chi connectivity index (χ2v) is 9.86. The molecular weight excluding hydrogens is 364 g/mol. The van der Waals surface area contributed by atoms with Crippen LogP contribution in [0.25, 0.3) is 0 Å². The van der Waals surface area contributed by atoms with E-state index in [0.717, 1.165) is 38.9 Å². The molecule has 1 saturated carbocycles. The Morgan fingerprint density at radius 3 is 2.71 bits per heavy atom. The minimum atomic E-state index is 0.261. The van der Waals surface area contributed by atoms with E-state index in [2.05, 4.69) is 51.3 Å². The van der Waals surface area contributed by atoms with Gasteiger partial charge in [-0.15, -0.1) is 0 Å². The van der Waals surface area contributed by atoms with Crippen molar-refractivity contribution in [2.45, 2.75) is 68.9 Å². The van der Waals surface area contributed by atoms with Crippen molar-refractivity contribution in [3.05, 3.63) is 57.8 Å². The van der Waals surface area contributed by atoms with Gasteiger partial charge in [-0.1, -0.05) is 24.3 Å². The van der Waals surface area contributed by atoms with E-state index in [4.69, 9.17) is 0 Å². The van der Waals surface area contributed by atoms with Crippen molar-refractivity contribution in [3.8, 4) is 0 Å². The van der Waals surface area contributed by atoms with Crippen LogP contribution in [0.2, 0.25) is 0 Å². The first-order valence-corrected chi connectivity index (χ1v) is 11.8. The third-order valence-electron chi connectivity index (χ3n) is 7.31. The number of piperidine rings is 1. The van der Waals surface area contributed by atoms with E-state index in [1.54, 1.807) is 11.3 Å². The van der Waals surface area contributed by atoms with Crippen molar-refractivity contribution < 1.29 is 4.79 Å². The molecule has 0 radical (unpaired) electrons. The largest absolute Gasteiger partial charge is 0.353 e. The molecule has 0 bridgehead atoms. The molecule has 1 N–H and O–H groups in total. The van der Waals surface area contributed by atoms with Crippen molar-refractivity contribution in [2.75, 3.05) is 13.1 Å². The van der Waals surface area contributed by atoms with Gasteiger partial charge in [-0.25, -0.2) is 0 Å². The van der Waals surface area contributed by atoms with Crippen molar-refractivity contribution in [2.24, 2.45) is 0 Å². The zero-order valence-corrected chi connectivity index (χ0v) is 17.3. The summed E-state index contributed by atoms with van der Waals surface area (Å²) in [4.78, 5) is 15.2. The highest BCUT2D eigenvalue weighted by Gasteiger charge is 2.45. The molecule has 1 amide bonds. The van der Waals surface area contributed by atoms with Crippen molar-refractivity contribution in [1.82, 2.24) is 10.2 Å². The molecule has 1 saturated heterocycles. The van der Waals surface area contributed by atoms with E-state index < -0.39 is 0 Å². The summed E-state index contributed by atoms with van der Waals surface area (Å²) >= 11 is 1.79. The molecule has 2 fully saturated rings. The second kappa shape index (κ2) is 7.64. The van der Waals surface area contributed by atoms with E-state index in [0.29, 0.717) is 18.4 Å². The van der Waals surface area contributed by atoms with Crippen molar-refractivity contribution in [1.29, 1.82) is 0 Å². The molecule has 0 unspecified atom stereocenters. The van der Waals surface area contributed by atoms with Gasteiger partial charge in [-0.05, 0) is 96.5 Å². The van der Waals surface area contributed by atoms with E-state index in [1.807, 2.05) is 0 Å². The van der Waals surface area contributed by atoms with Crippen LogP contribution in [0.5, 0.6) is 0 Å². The van der Waals surface area contributed by atoms with E-state index in [9.17, 15) is 4.79 Å². The number of likely N-dealkylation sites (tertiary alicyclic amines) is 1. The van der Waals surface area contributed by atoms with Crippen LogP contribution in [0.15, 0.2) is 41.1 Å². The fourth-order valence-electron chi connectivity index (χ4n) is 5.53. The molecule has 2 heterocycles. The normalized spacial score (nSPS) is 24.1. The standard InChI is InChI=1S/C24H30N2OS/c27-23(25-20-4-3-5-20)14-19-15-24(22-7-2-1-6-21(19)22)9-11-26(12-10-24)16-18-8-13-28-17-18/h1-2,6-8,13,17,19-20H,3-5,9-12,14-16H2,(H,25,27)/t19-/m0/s1. The number of rotatable bonds is 5. The molecule has 5 rings (SSSR count). The predicted octanol–water partition coefficient (Wildman–Crippen LogP) is 4.83. The van der Waals surface area contributed by atoms with E-state index in [1.165, 1.54) is 36.0 Å². The zero-order chi connectivity index (χ0) is 19.0.